The Morgan fingerprint density at radius 2 is 2.07 bits per heavy atom. The average molecular weight is 199 g/mol. The largest absolute Gasteiger partial charge is 0.474 e. The molecule has 0 bridgehead atoms. The standard InChI is InChI=1S/C9H13NO4/c11-7(8(12)13)10-3-4-14-6-9(5-10)1-2-9/h1-6H2,(H,12,13). The van der Waals surface area contributed by atoms with Crippen molar-refractivity contribution in [3.05, 3.63) is 0 Å². The molecule has 1 N–H and O–H groups in total. The van der Waals surface area contributed by atoms with Gasteiger partial charge < -0.3 is 14.7 Å². The summed E-state index contributed by atoms with van der Waals surface area (Å²) in [5.74, 6) is -2.18. The second kappa shape index (κ2) is 3.24. The van der Waals surface area contributed by atoms with Crippen LogP contribution in [-0.4, -0.2) is 48.2 Å². The number of carboxylic acid groups (broad SMARTS) is 1. The molecule has 0 aromatic heterocycles. The highest BCUT2D eigenvalue weighted by molar-refractivity contribution is 6.31. The monoisotopic (exact) mass is 199 g/mol. The van der Waals surface area contributed by atoms with Crippen LogP contribution in [-0.2, 0) is 14.3 Å². The molecule has 1 amide bonds. The van der Waals surface area contributed by atoms with Gasteiger partial charge in [-0.3, -0.25) is 4.79 Å². The van der Waals surface area contributed by atoms with Crippen molar-refractivity contribution < 1.29 is 19.4 Å². The Bertz CT molecular complexity index is 272. The van der Waals surface area contributed by atoms with Gasteiger partial charge in [-0.2, -0.15) is 0 Å². The van der Waals surface area contributed by atoms with Gasteiger partial charge in [0.05, 0.1) is 13.2 Å². The fourth-order valence-electron chi connectivity index (χ4n) is 1.78. The van der Waals surface area contributed by atoms with Gasteiger partial charge in [-0.25, -0.2) is 4.79 Å². The van der Waals surface area contributed by atoms with Gasteiger partial charge in [0, 0.05) is 18.5 Å². The number of carbonyl (C=O) groups is 2. The van der Waals surface area contributed by atoms with Gasteiger partial charge in [-0.15, -0.1) is 0 Å². The van der Waals surface area contributed by atoms with Crippen LogP contribution in [0.4, 0.5) is 0 Å². The number of aliphatic carboxylic acids is 1. The van der Waals surface area contributed by atoms with E-state index in [2.05, 4.69) is 0 Å². The maximum atomic E-state index is 11.2. The van der Waals surface area contributed by atoms with E-state index in [1.54, 1.807) is 0 Å². The molecule has 14 heavy (non-hydrogen) atoms. The summed E-state index contributed by atoms with van der Waals surface area (Å²) in [5.41, 5.74) is 0.0710. The topological polar surface area (TPSA) is 66.8 Å². The van der Waals surface area contributed by atoms with Crippen LogP contribution in [0.25, 0.3) is 0 Å². The van der Waals surface area contributed by atoms with E-state index in [-0.39, 0.29) is 5.41 Å². The first-order valence-corrected chi connectivity index (χ1v) is 4.73. The maximum Gasteiger partial charge on any atom is 0.394 e. The van der Waals surface area contributed by atoms with Crippen molar-refractivity contribution in [1.82, 2.24) is 4.90 Å². The molecule has 1 aliphatic carbocycles. The van der Waals surface area contributed by atoms with E-state index in [0.29, 0.717) is 26.3 Å². The van der Waals surface area contributed by atoms with Gasteiger partial charge in [0.15, 0.2) is 0 Å². The van der Waals surface area contributed by atoms with Gasteiger partial charge in [-0.05, 0) is 12.8 Å². The smallest absolute Gasteiger partial charge is 0.394 e. The average Bonchev–Trinajstić information content (AvgIpc) is 2.93. The number of rotatable bonds is 0. The van der Waals surface area contributed by atoms with Gasteiger partial charge >= 0.3 is 11.9 Å². The van der Waals surface area contributed by atoms with Crippen LogP contribution in [0.1, 0.15) is 12.8 Å². The second-order valence-electron chi connectivity index (χ2n) is 4.08. The lowest BCUT2D eigenvalue weighted by Crippen LogP contribution is -2.40. The summed E-state index contributed by atoms with van der Waals surface area (Å²) in [5, 5.41) is 8.58. The molecule has 0 aromatic carbocycles. The molecule has 5 nitrogen and oxygen atoms in total. The van der Waals surface area contributed by atoms with E-state index in [1.807, 2.05) is 0 Å². The maximum absolute atomic E-state index is 11.2. The summed E-state index contributed by atoms with van der Waals surface area (Å²) in [6.07, 6.45) is 2.08. The molecule has 78 valence electrons. The first-order valence-electron chi connectivity index (χ1n) is 4.73. The molecule has 1 heterocycles. The Balaban J connectivity index is 2.03. The Morgan fingerprint density at radius 3 is 2.64 bits per heavy atom. The number of hydrogen-bond donors (Lipinski definition) is 1. The minimum absolute atomic E-state index is 0.0710. The molecule has 1 saturated heterocycles. The lowest BCUT2D eigenvalue weighted by Gasteiger charge is -2.20. The number of carboxylic acids is 1. The van der Waals surface area contributed by atoms with Crippen LogP contribution in [0.3, 0.4) is 0 Å². The van der Waals surface area contributed by atoms with Crippen LogP contribution < -0.4 is 0 Å². The Morgan fingerprint density at radius 1 is 1.36 bits per heavy atom. The highest BCUT2D eigenvalue weighted by Gasteiger charge is 2.46. The highest BCUT2D eigenvalue weighted by Crippen LogP contribution is 2.47. The molecule has 0 unspecified atom stereocenters. The molecule has 0 aromatic rings. The predicted molar refractivity (Wildman–Crippen MR) is 46.7 cm³/mol. The van der Waals surface area contributed by atoms with Crippen LogP contribution >= 0.6 is 0 Å². The summed E-state index contributed by atoms with van der Waals surface area (Å²) in [6.45, 7) is 2.04. The van der Waals surface area contributed by atoms with Crippen LogP contribution in [0.5, 0.6) is 0 Å². The molecule has 5 heteroatoms. The summed E-state index contributed by atoms with van der Waals surface area (Å²) < 4.78 is 5.35. The van der Waals surface area contributed by atoms with Crippen LogP contribution in [0, 0.1) is 5.41 Å². The number of nitrogens with zero attached hydrogens (tertiary/aromatic N) is 1. The molecule has 0 atom stereocenters. The summed E-state index contributed by atoms with van der Waals surface area (Å²) in [6, 6.07) is 0. The summed E-state index contributed by atoms with van der Waals surface area (Å²) >= 11 is 0. The van der Waals surface area contributed by atoms with E-state index in [1.165, 1.54) is 4.90 Å². The predicted octanol–water partition coefficient (Wildman–Crippen LogP) is -0.290. The fourth-order valence-corrected chi connectivity index (χ4v) is 1.78. The zero-order valence-electron chi connectivity index (χ0n) is 7.86. The third kappa shape index (κ3) is 1.72. The number of carbonyl (C=O) groups excluding carboxylic acids is 1. The Labute approximate surface area is 81.6 Å². The molecule has 0 radical (unpaired) electrons. The van der Waals surface area contributed by atoms with Gasteiger partial charge in [0.2, 0.25) is 0 Å². The highest BCUT2D eigenvalue weighted by atomic mass is 16.5. The second-order valence-corrected chi connectivity index (χ2v) is 4.08. The molecule has 1 spiro atoms. The molecule has 2 fully saturated rings. The number of amides is 1. The normalized spacial score (nSPS) is 24.4. The van der Waals surface area contributed by atoms with Crippen molar-refractivity contribution >= 4 is 11.9 Å². The van der Waals surface area contributed by atoms with E-state index in [0.717, 1.165) is 12.8 Å². The first kappa shape index (κ1) is 9.45. The quantitative estimate of drug-likeness (QED) is 0.544. The SMILES string of the molecule is O=C(O)C(=O)N1CCOCC2(CC2)C1. The van der Waals surface area contributed by atoms with Gasteiger partial charge in [0.25, 0.3) is 0 Å². The van der Waals surface area contributed by atoms with Crippen molar-refractivity contribution in [1.29, 1.82) is 0 Å². The fraction of sp³-hybridized carbons (Fsp3) is 0.778. The molecular formula is C9H13NO4. The zero-order valence-corrected chi connectivity index (χ0v) is 7.86. The first-order chi connectivity index (χ1) is 6.63. The molecule has 1 saturated carbocycles. The van der Waals surface area contributed by atoms with E-state index in [9.17, 15) is 9.59 Å². The van der Waals surface area contributed by atoms with Crippen molar-refractivity contribution in [2.24, 2.45) is 5.41 Å². The third-order valence-corrected chi connectivity index (χ3v) is 2.87. The zero-order chi connectivity index (χ0) is 10.2. The Hall–Kier alpha value is -1.10. The lowest BCUT2D eigenvalue weighted by atomic mass is 10.1. The van der Waals surface area contributed by atoms with Gasteiger partial charge in [0.1, 0.15) is 0 Å². The molecular weight excluding hydrogens is 186 g/mol. The third-order valence-electron chi connectivity index (χ3n) is 2.87. The van der Waals surface area contributed by atoms with E-state index >= 15 is 0 Å². The summed E-state index contributed by atoms with van der Waals surface area (Å²) in [7, 11) is 0. The van der Waals surface area contributed by atoms with Crippen molar-refractivity contribution in [3.63, 3.8) is 0 Å². The molecule has 2 aliphatic rings. The lowest BCUT2D eigenvalue weighted by molar-refractivity contribution is -0.156. The minimum atomic E-state index is -1.37. The minimum Gasteiger partial charge on any atom is -0.474 e. The van der Waals surface area contributed by atoms with E-state index < -0.39 is 11.9 Å². The Kier molecular flexibility index (Phi) is 2.19. The number of hydrogen-bond acceptors (Lipinski definition) is 3. The van der Waals surface area contributed by atoms with Crippen molar-refractivity contribution in [3.8, 4) is 0 Å². The molecule has 2 rings (SSSR count). The van der Waals surface area contributed by atoms with E-state index in [4.69, 9.17) is 9.84 Å². The van der Waals surface area contributed by atoms with Crippen LogP contribution in [0.2, 0.25) is 0 Å². The van der Waals surface area contributed by atoms with Crippen molar-refractivity contribution in [2.75, 3.05) is 26.3 Å². The summed E-state index contributed by atoms with van der Waals surface area (Å²) in [4.78, 5) is 23.1. The van der Waals surface area contributed by atoms with Gasteiger partial charge in [-0.1, -0.05) is 0 Å². The van der Waals surface area contributed by atoms with Crippen molar-refractivity contribution in [2.45, 2.75) is 12.8 Å². The molecule has 1 aliphatic heterocycles. The number of ether oxygens (including phenoxy) is 1. The van der Waals surface area contributed by atoms with Crippen LogP contribution in [0.15, 0.2) is 0 Å².